The molecule has 0 radical (unpaired) electrons. The van der Waals surface area contributed by atoms with E-state index in [0.717, 1.165) is 28.8 Å². The van der Waals surface area contributed by atoms with E-state index in [4.69, 9.17) is 0 Å². The SMILES string of the molecule is CC[C@H](C)[C@H](C(=O)Nc1cc(C)ccc1C)c1ccccc1. The Kier molecular flexibility index (Phi) is 5.37. The number of rotatable bonds is 5. The molecule has 0 aliphatic carbocycles. The van der Waals surface area contributed by atoms with Crippen molar-refractivity contribution in [3.63, 3.8) is 0 Å². The fourth-order valence-electron chi connectivity index (χ4n) is 2.72. The topological polar surface area (TPSA) is 29.1 Å². The average molecular weight is 295 g/mol. The van der Waals surface area contributed by atoms with Gasteiger partial charge in [-0.1, -0.05) is 62.7 Å². The molecule has 0 saturated heterocycles. The lowest BCUT2D eigenvalue weighted by atomic mass is 9.85. The summed E-state index contributed by atoms with van der Waals surface area (Å²) in [5, 5.41) is 3.13. The maximum atomic E-state index is 12.9. The van der Waals surface area contributed by atoms with Crippen molar-refractivity contribution in [1.82, 2.24) is 0 Å². The van der Waals surface area contributed by atoms with E-state index in [1.54, 1.807) is 0 Å². The predicted octanol–water partition coefficient (Wildman–Crippen LogP) is 5.07. The van der Waals surface area contributed by atoms with Crippen LogP contribution >= 0.6 is 0 Å². The quantitative estimate of drug-likeness (QED) is 0.819. The van der Waals surface area contributed by atoms with E-state index >= 15 is 0 Å². The first-order valence-electron chi connectivity index (χ1n) is 7.96. The zero-order valence-electron chi connectivity index (χ0n) is 13.9. The summed E-state index contributed by atoms with van der Waals surface area (Å²) in [5.74, 6) is 0.257. The minimum Gasteiger partial charge on any atom is -0.325 e. The molecule has 2 aromatic carbocycles. The van der Waals surface area contributed by atoms with E-state index in [1.807, 2.05) is 56.3 Å². The standard InChI is InChI=1S/C20H25NO/c1-5-15(3)19(17-9-7-6-8-10-17)20(22)21-18-13-14(2)11-12-16(18)4/h6-13,15,19H,5H2,1-4H3,(H,21,22)/t15-,19-/m0/s1. The fourth-order valence-corrected chi connectivity index (χ4v) is 2.72. The highest BCUT2D eigenvalue weighted by molar-refractivity contribution is 5.96. The molecule has 2 nitrogen and oxygen atoms in total. The fraction of sp³-hybridized carbons (Fsp3) is 0.350. The maximum absolute atomic E-state index is 12.9. The number of benzene rings is 2. The highest BCUT2D eigenvalue weighted by Gasteiger charge is 2.26. The maximum Gasteiger partial charge on any atom is 0.232 e. The molecule has 1 N–H and O–H groups in total. The first-order chi connectivity index (χ1) is 10.5. The highest BCUT2D eigenvalue weighted by atomic mass is 16.1. The molecule has 0 bridgehead atoms. The van der Waals surface area contributed by atoms with E-state index in [1.165, 1.54) is 0 Å². The van der Waals surface area contributed by atoms with Crippen LogP contribution in [0.4, 0.5) is 5.69 Å². The molecule has 0 aliphatic heterocycles. The second kappa shape index (κ2) is 7.26. The molecular formula is C20H25NO. The van der Waals surface area contributed by atoms with E-state index in [-0.39, 0.29) is 11.8 Å². The van der Waals surface area contributed by atoms with Gasteiger partial charge in [0.05, 0.1) is 5.92 Å². The number of aryl methyl sites for hydroxylation is 2. The Labute approximate surface area is 133 Å². The molecule has 0 fully saturated rings. The Morgan fingerprint density at radius 1 is 1.09 bits per heavy atom. The van der Waals surface area contributed by atoms with Crippen LogP contribution in [-0.4, -0.2) is 5.91 Å². The molecule has 0 spiro atoms. The monoisotopic (exact) mass is 295 g/mol. The normalized spacial score (nSPS) is 13.5. The molecular weight excluding hydrogens is 270 g/mol. The van der Waals surface area contributed by atoms with E-state index < -0.39 is 0 Å². The van der Waals surface area contributed by atoms with Crippen molar-refractivity contribution in [2.75, 3.05) is 5.32 Å². The lowest BCUT2D eigenvalue weighted by molar-refractivity contribution is -0.118. The lowest BCUT2D eigenvalue weighted by Gasteiger charge is -2.23. The van der Waals surface area contributed by atoms with Crippen molar-refractivity contribution in [3.05, 3.63) is 65.2 Å². The highest BCUT2D eigenvalue weighted by Crippen LogP contribution is 2.29. The Bertz CT molecular complexity index is 633. The van der Waals surface area contributed by atoms with Crippen LogP contribution in [0.5, 0.6) is 0 Å². The Hall–Kier alpha value is -2.09. The van der Waals surface area contributed by atoms with Crippen molar-refractivity contribution >= 4 is 11.6 Å². The van der Waals surface area contributed by atoms with Gasteiger partial charge in [0.1, 0.15) is 0 Å². The van der Waals surface area contributed by atoms with Gasteiger partial charge in [-0.05, 0) is 42.5 Å². The van der Waals surface area contributed by atoms with Crippen molar-refractivity contribution < 1.29 is 4.79 Å². The third-order valence-corrected chi connectivity index (χ3v) is 4.31. The van der Waals surface area contributed by atoms with E-state index in [0.29, 0.717) is 5.92 Å². The lowest BCUT2D eigenvalue weighted by Crippen LogP contribution is -2.26. The first-order valence-corrected chi connectivity index (χ1v) is 7.96. The summed E-state index contributed by atoms with van der Waals surface area (Å²) >= 11 is 0. The van der Waals surface area contributed by atoms with Gasteiger partial charge in [-0.15, -0.1) is 0 Å². The summed E-state index contributed by atoms with van der Waals surface area (Å²) in [6.45, 7) is 8.33. The predicted molar refractivity (Wildman–Crippen MR) is 93.2 cm³/mol. The Morgan fingerprint density at radius 2 is 1.77 bits per heavy atom. The van der Waals surface area contributed by atoms with Crippen LogP contribution in [0.25, 0.3) is 0 Å². The summed E-state index contributed by atoms with van der Waals surface area (Å²) < 4.78 is 0. The van der Waals surface area contributed by atoms with Crippen LogP contribution < -0.4 is 5.32 Å². The zero-order chi connectivity index (χ0) is 16.1. The van der Waals surface area contributed by atoms with Crippen molar-refractivity contribution in [2.45, 2.75) is 40.0 Å². The van der Waals surface area contributed by atoms with Gasteiger partial charge >= 0.3 is 0 Å². The van der Waals surface area contributed by atoms with Crippen molar-refractivity contribution in [3.8, 4) is 0 Å². The van der Waals surface area contributed by atoms with Crippen LogP contribution in [-0.2, 0) is 4.79 Å². The van der Waals surface area contributed by atoms with Crippen LogP contribution in [0, 0.1) is 19.8 Å². The molecule has 2 rings (SSSR count). The number of anilines is 1. The van der Waals surface area contributed by atoms with Gasteiger partial charge in [0.2, 0.25) is 5.91 Å². The molecule has 0 aromatic heterocycles. The van der Waals surface area contributed by atoms with E-state index in [9.17, 15) is 4.79 Å². The molecule has 0 heterocycles. The number of hydrogen-bond donors (Lipinski definition) is 1. The van der Waals surface area contributed by atoms with Gasteiger partial charge in [-0.25, -0.2) is 0 Å². The molecule has 1 amide bonds. The van der Waals surface area contributed by atoms with Crippen molar-refractivity contribution in [2.24, 2.45) is 5.92 Å². The Balaban J connectivity index is 2.28. The smallest absolute Gasteiger partial charge is 0.232 e. The third kappa shape index (κ3) is 3.76. The summed E-state index contributed by atoms with van der Waals surface area (Å²) in [6, 6.07) is 16.2. The van der Waals surface area contributed by atoms with Gasteiger partial charge in [-0.2, -0.15) is 0 Å². The molecule has 2 atom stereocenters. The van der Waals surface area contributed by atoms with Crippen LogP contribution in [0.15, 0.2) is 48.5 Å². The molecule has 116 valence electrons. The summed E-state index contributed by atoms with van der Waals surface area (Å²) in [6.07, 6.45) is 0.972. The molecule has 0 saturated carbocycles. The third-order valence-electron chi connectivity index (χ3n) is 4.31. The summed E-state index contributed by atoms with van der Waals surface area (Å²) in [4.78, 5) is 12.9. The van der Waals surface area contributed by atoms with Crippen molar-refractivity contribution in [1.29, 1.82) is 0 Å². The zero-order valence-corrected chi connectivity index (χ0v) is 13.9. The van der Waals surface area contributed by atoms with Crippen LogP contribution in [0.1, 0.15) is 42.9 Å². The molecule has 2 heteroatoms. The van der Waals surface area contributed by atoms with Crippen LogP contribution in [0.3, 0.4) is 0 Å². The summed E-state index contributed by atoms with van der Waals surface area (Å²) in [5.41, 5.74) is 4.24. The number of nitrogens with one attached hydrogen (secondary N) is 1. The number of carbonyl (C=O) groups is 1. The number of carbonyl (C=O) groups excluding carboxylic acids is 1. The molecule has 2 aromatic rings. The van der Waals surface area contributed by atoms with Crippen LogP contribution in [0.2, 0.25) is 0 Å². The average Bonchev–Trinajstić information content (AvgIpc) is 2.52. The largest absolute Gasteiger partial charge is 0.325 e. The van der Waals surface area contributed by atoms with Gasteiger partial charge in [0.15, 0.2) is 0 Å². The van der Waals surface area contributed by atoms with E-state index in [2.05, 4.69) is 25.2 Å². The second-order valence-electron chi connectivity index (χ2n) is 6.08. The van der Waals surface area contributed by atoms with Gasteiger partial charge in [0, 0.05) is 5.69 Å². The molecule has 0 unspecified atom stereocenters. The van der Waals surface area contributed by atoms with Gasteiger partial charge in [0.25, 0.3) is 0 Å². The minimum absolute atomic E-state index is 0.0780. The second-order valence-corrected chi connectivity index (χ2v) is 6.08. The first kappa shape index (κ1) is 16.3. The number of hydrogen-bond acceptors (Lipinski definition) is 1. The van der Waals surface area contributed by atoms with Gasteiger partial charge < -0.3 is 5.32 Å². The number of amides is 1. The summed E-state index contributed by atoms with van der Waals surface area (Å²) in [7, 11) is 0. The van der Waals surface area contributed by atoms with Gasteiger partial charge in [-0.3, -0.25) is 4.79 Å². The molecule has 0 aliphatic rings. The minimum atomic E-state index is -0.119. The Morgan fingerprint density at radius 3 is 2.41 bits per heavy atom. The molecule has 22 heavy (non-hydrogen) atoms.